The van der Waals surface area contributed by atoms with E-state index in [2.05, 4.69) is 14.9 Å². The molecule has 1 aliphatic heterocycles. The SMILES string of the molecule is NCC1CCN(c2ncnc3c2oc2ccc(Cl)cc23)C1. The Bertz CT molecular complexity index is 816. The van der Waals surface area contributed by atoms with Crippen molar-refractivity contribution in [2.75, 3.05) is 24.5 Å². The van der Waals surface area contributed by atoms with E-state index in [1.807, 2.05) is 18.2 Å². The summed E-state index contributed by atoms with van der Waals surface area (Å²) in [6, 6.07) is 5.57. The Morgan fingerprint density at radius 2 is 2.29 bits per heavy atom. The van der Waals surface area contributed by atoms with Crippen LogP contribution in [0.2, 0.25) is 5.02 Å². The highest BCUT2D eigenvalue weighted by Crippen LogP contribution is 2.35. The van der Waals surface area contributed by atoms with E-state index in [0.717, 1.165) is 47.4 Å². The normalized spacial score (nSPS) is 19.0. The van der Waals surface area contributed by atoms with Crippen molar-refractivity contribution in [1.82, 2.24) is 9.97 Å². The lowest BCUT2D eigenvalue weighted by Gasteiger charge is -2.16. The molecule has 1 atom stereocenters. The van der Waals surface area contributed by atoms with Gasteiger partial charge in [0, 0.05) is 23.5 Å². The number of furan rings is 1. The second-order valence-electron chi connectivity index (χ2n) is 5.45. The fraction of sp³-hybridized carbons (Fsp3) is 0.333. The van der Waals surface area contributed by atoms with Crippen LogP contribution in [-0.4, -0.2) is 29.6 Å². The van der Waals surface area contributed by atoms with E-state index < -0.39 is 0 Å². The molecule has 5 nitrogen and oxygen atoms in total. The Hall–Kier alpha value is -1.85. The van der Waals surface area contributed by atoms with Crippen LogP contribution in [0.25, 0.3) is 22.1 Å². The predicted molar refractivity (Wildman–Crippen MR) is 83.7 cm³/mol. The minimum absolute atomic E-state index is 0.522. The van der Waals surface area contributed by atoms with E-state index in [1.54, 1.807) is 6.33 Å². The largest absolute Gasteiger partial charge is 0.450 e. The maximum Gasteiger partial charge on any atom is 0.196 e. The molecule has 1 fully saturated rings. The van der Waals surface area contributed by atoms with Crippen LogP contribution in [0.4, 0.5) is 5.82 Å². The van der Waals surface area contributed by atoms with Crippen LogP contribution in [-0.2, 0) is 0 Å². The summed E-state index contributed by atoms with van der Waals surface area (Å²) >= 11 is 6.07. The number of hydrogen-bond acceptors (Lipinski definition) is 5. The first kappa shape index (κ1) is 12.9. The van der Waals surface area contributed by atoms with Crippen LogP contribution in [0, 0.1) is 5.92 Å². The lowest BCUT2D eigenvalue weighted by Crippen LogP contribution is -2.23. The molecule has 0 spiro atoms. The molecular formula is C15H15ClN4O. The Morgan fingerprint density at radius 1 is 1.38 bits per heavy atom. The Morgan fingerprint density at radius 3 is 3.10 bits per heavy atom. The van der Waals surface area contributed by atoms with E-state index in [4.69, 9.17) is 21.8 Å². The zero-order valence-corrected chi connectivity index (χ0v) is 12.2. The number of nitrogens with zero attached hydrogens (tertiary/aromatic N) is 3. The van der Waals surface area contributed by atoms with Crippen LogP contribution >= 0.6 is 11.6 Å². The number of hydrogen-bond donors (Lipinski definition) is 1. The molecule has 108 valence electrons. The molecular weight excluding hydrogens is 288 g/mol. The fourth-order valence-corrected chi connectivity index (χ4v) is 3.15. The van der Waals surface area contributed by atoms with Crippen molar-refractivity contribution in [3.8, 4) is 0 Å². The third-order valence-corrected chi connectivity index (χ3v) is 4.35. The van der Waals surface area contributed by atoms with E-state index in [9.17, 15) is 0 Å². The van der Waals surface area contributed by atoms with Gasteiger partial charge in [-0.3, -0.25) is 0 Å². The average Bonchev–Trinajstić information content (AvgIpc) is 3.11. The summed E-state index contributed by atoms with van der Waals surface area (Å²) in [6.07, 6.45) is 2.68. The van der Waals surface area contributed by atoms with Gasteiger partial charge in [0.25, 0.3) is 0 Å². The van der Waals surface area contributed by atoms with Crippen molar-refractivity contribution in [3.05, 3.63) is 29.5 Å². The number of fused-ring (bicyclic) bond motifs is 3. The number of halogens is 1. The van der Waals surface area contributed by atoms with Crippen LogP contribution in [0.3, 0.4) is 0 Å². The van der Waals surface area contributed by atoms with Gasteiger partial charge in [0.1, 0.15) is 17.4 Å². The molecule has 0 bridgehead atoms. The van der Waals surface area contributed by atoms with E-state index in [0.29, 0.717) is 17.5 Å². The molecule has 1 aliphatic rings. The van der Waals surface area contributed by atoms with Gasteiger partial charge < -0.3 is 15.1 Å². The highest BCUT2D eigenvalue weighted by molar-refractivity contribution is 6.31. The molecule has 3 heterocycles. The Kier molecular flexibility index (Phi) is 2.97. The summed E-state index contributed by atoms with van der Waals surface area (Å²) in [7, 11) is 0. The molecule has 0 radical (unpaired) electrons. The van der Waals surface area contributed by atoms with Crippen LogP contribution in [0.5, 0.6) is 0 Å². The number of benzene rings is 1. The Labute approximate surface area is 126 Å². The van der Waals surface area contributed by atoms with Gasteiger partial charge in [0.2, 0.25) is 0 Å². The first-order valence-electron chi connectivity index (χ1n) is 7.04. The fourth-order valence-electron chi connectivity index (χ4n) is 2.98. The minimum Gasteiger partial charge on any atom is -0.450 e. The lowest BCUT2D eigenvalue weighted by atomic mass is 10.1. The number of aromatic nitrogens is 2. The van der Waals surface area contributed by atoms with E-state index in [1.165, 1.54) is 0 Å². The summed E-state index contributed by atoms with van der Waals surface area (Å²) in [4.78, 5) is 11.0. The van der Waals surface area contributed by atoms with Gasteiger partial charge >= 0.3 is 0 Å². The van der Waals surface area contributed by atoms with Gasteiger partial charge in [-0.1, -0.05) is 11.6 Å². The van der Waals surface area contributed by atoms with Crippen LogP contribution in [0.15, 0.2) is 28.9 Å². The highest BCUT2D eigenvalue weighted by atomic mass is 35.5. The maximum absolute atomic E-state index is 6.07. The highest BCUT2D eigenvalue weighted by Gasteiger charge is 2.25. The monoisotopic (exact) mass is 302 g/mol. The standard InChI is InChI=1S/C15H15ClN4O/c16-10-1-2-12-11(5-10)13-14(21-12)15(19-8-18-13)20-4-3-9(6-17)7-20/h1-2,5,8-9H,3-4,6-7,17H2. The quantitative estimate of drug-likeness (QED) is 0.788. The van der Waals surface area contributed by atoms with Crippen molar-refractivity contribution in [3.63, 3.8) is 0 Å². The molecule has 2 aromatic heterocycles. The third kappa shape index (κ3) is 2.04. The third-order valence-electron chi connectivity index (χ3n) is 4.11. The molecule has 0 aliphatic carbocycles. The molecule has 4 rings (SSSR count). The van der Waals surface area contributed by atoms with Gasteiger partial charge in [0.15, 0.2) is 11.4 Å². The summed E-state index contributed by atoms with van der Waals surface area (Å²) in [5.74, 6) is 1.37. The minimum atomic E-state index is 0.522. The van der Waals surface area contributed by atoms with Crippen LogP contribution < -0.4 is 10.6 Å². The molecule has 2 N–H and O–H groups in total. The number of nitrogens with two attached hydrogens (primary N) is 1. The topological polar surface area (TPSA) is 68.2 Å². The molecule has 0 amide bonds. The van der Waals surface area contributed by atoms with E-state index in [-0.39, 0.29) is 0 Å². The van der Waals surface area contributed by atoms with Gasteiger partial charge in [-0.05, 0) is 37.1 Å². The molecule has 1 saturated heterocycles. The molecule has 6 heteroatoms. The summed E-state index contributed by atoms with van der Waals surface area (Å²) in [5, 5.41) is 1.60. The smallest absolute Gasteiger partial charge is 0.196 e. The first-order valence-corrected chi connectivity index (χ1v) is 7.42. The molecule has 21 heavy (non-hydrogen) atoms. The summed E-state index contributed by atoms with van der Waals surface area (Å²) < 4.78 is 5.96. The zero-order valence-electron chi connectivity index (χ0n) is 11.4. The van der Waals surface area contributed by atoms with Crippen molar-refractivity contribution in [2.24, 2.45) is 11.7 Å². The van der Waals surface area contributed by atoms with Crippen molar-refractivity contribution in [2.45, 2.75) is 6.42 Å². The summed E-state index contributed by atoms with van der Waals surface area (Å²) in [6.45, 7) is 2.58. The molecule has 1 unspecified atom stereocenters. The number of anilines is 1. The molecule has 0 saturated carbocycles. The van der Waals surface area contributed by atoms with Crippen LogP contribution in [0.1, 0.15) is 6.42 Å². The Balaban J connectivity index is 1.88. The van der Waals surface area contributed by atoms with E-state index >= 15 is 0 Å². The first-order chi connectivity index (χ1) is 10.3. The van der Waals surface area contributed by atoms with Gasteiger partial charge in [-0.2, -0.15) is 0 Å². The van der Waals surface area contributed by atoms with Crippen molar-refractivity contribution < 1.29 is 4.42 Å². The zero-order chi connectivity index (χ0) is 14.4. The van der Waals surface area contributed by atoms with Gasteiger partial charge in [-0.25, -0.2) is 9.97 Å². The van der Waals surface area contributed by atoms with Crippen molar-refractivity contribution >= 4 is 39.5 Å². The second kappa shape index (κ2) is 4.86. The van der Waals surface area contributed by atoms with Gasteiger partial charge in [0.05, 0.1) is 0 Å². The number of rotatable bonds is 2. The predicted octanol–water partition coefficient (Wildman–Crippen LogP) is 2.81. The molecule has 1 aromatic carbocycles. The van der Waals surface area contributed by atoms with Gasteiger partial charge in [-0.15, -0.1) is 0 Å². The average molecular weight is 303 g/mol. The molecule has 3 aromatic rings. The second-order valence-corrected chi connectivity index (χ2v) is 5.89. The summed E-state index contributed by atoms with van der Waals surface area (Å²) in [5.41, 5.74) is 8.09. The lowest BCUT2D eigenvalue weighted by molar-refractivity contribution is 0.601. The maximum atomic E-state index is 6.07. The van der Waals surface area contributed by atoms with Crippen molar-refractivity contribution in [1.29, 1.82) is 0 Å².